The van der Waals surface area contributed by atoms with E-state index in [1.807, 2.05) is 36.4 Å². The van der Waals surface area contributed by atoms with Gasteiger partial charge in [-0.05, 0) is 24.6 Å². The Morgan fingerprint density at radius 3 is 2.70 bits per heavy atom. The molecule has 3 aromatic rings. The molecule has 0 radical (unpaired) electrons. The van der Waals surface area contributed by atoms with Crippen LogP contribution in [0.5, 0.6) is 0 Å². The molecule has 1 aliphatic heterocycles. The number of thioether (sulfide) groups is 1. The fourth-order valence-electron chi connectivity index (χ4n) is 3.20. The minimum Gasteiger partial charge on any atom is -0.340 e. The third-order valence-electron chi connectivity index (χ3n) is 4.60. The highest BCUT2D eigenvalue weighted by molar-refractivity contribution is 8.23. The van der Waals surface area contributed by atoms with E-state index in [1.54, 1.807) is 6.21 Å². The second-order valence-corrected chi connectivity index (χ2v) is 8.21. The lowest BCUT2D eigenvalue weighted by Crippen LogP contribution is -2.22. The van der Waals surface area contributed by atoms with Crippen LogP contribution in [0.2, 0.25) is 5.02 Å². The summed E-state index contributed by atoms with van der Waals surface area (Å²) in [6, 6.07) is 16.0. The van der Waals surface area contributed by atoms with Gasteiger partial charge in [-0.15, -0.1) is 0 Å². The predicted octanol–water partition coefficient (Wildman–Crippen LogP) is 4.85. The zero-order valence-corrected chi connectivity index (χ0v) is 16.9. The van der Waals surface area contributed by atoms with Crippen LogP contribution in [0, 0.1) is 6.92 Å². The number of halogens is 1. The van der Waals surface area contributed by atoms with Gasteiger partial charge in [0, 0.05) is 33.7 Å². The maximum Gasteiger partial charge on any atom is 0.259 e. The number of thiocarbonyl (C=S) groups is 1. The van der Waals surface area contributed by atoms with Crippen molar-refractivity contribution in [3.05, 3.63) is 70.4 Å². The number of amides is 1. The Morgan fingerprint density at radius 2 is 1.96 bits per heavy atom. The number of carbonyl (C=O) groups excluding carboxylic acids is 1. The van der Waals surface area contributed by atoms with Gasteiger partial charge in [0.15, 0.2) is 4.32 Å². The Kier molecular flexibility index (Phi) is 5.04. The van der Waals surface area contributed by atoms with Gasteiger partial charge in [-0.3, -0.25) is 4.79 Å². The number of hydrogen-bond donors (Lipinski definition) is 0. The van der Waals surface area contributed by atoms with E-state index in [4.69, 9.17) is 23.8 Å². The SMILES string of the molecule is Cc1c(/C=N\N2C(=O)CSC2=S)c2ccccc2n1Cc1ccccc1Cl. The zero-order chi connectivity index (χ0) is 19.0. The third-order valence-corrected chi connectivity index (χ3v) is 6.30. The van der Waals surface area contributed by atoms with E-state index in [0.717, 1.165) is 32.7 Å². The molecule has 0 unspecified atom stereocenters. The highest BCUT2D eigenvalue weighted by atomic mass is 35.5. The van der Waals surface area contributed by atoms with Gasteiger partial charge >= 0.3 is 0 Å². The van der Waals surface area contributed by atoms with Crippen molar-refractivity contribution in [2.24, 2.45) is 5.10 Å². The van der Waals surface area contributed by atoms with Crippen molar-refractivity contribution in [3.63, 3.8) is 0 Å². The summed E-state index contributed by atoms with van der Waals surface area (Å²) in [4.78, 5) is 11.9. The van der Waals surface area contributed by atoms with Crippen LogP contribution in [0.1, 0.15) is 16.8 Å². The molecule has 7 heteroatoms. The highest BCUT2D eigenvalue weighted by Gasteiger charge is 2.26. The maximum absolute atomic E-state index is 11.9. The molecule has 1 aliphatic rings. The summed E-state index contributed by atoms with van der Waals surface area (Å²) in [6.07, 6.45) is 1.73. The summed E-state index contributed by atoms with van der Waals surface area (Å²) in [7, 11) is 0. The van der Waals surface area contributed by atoms with Crippen LogP contribution in [-0.2, 0) is 11.3 Å². The molecule has 4 rings (SSSR count). The molecular weight excluding hydrogens is 398 g/mol. The molecule has 2 heterocycles. The smallest absolute Gasteiger partial charge is 0.259 e. The van der Waals surface area contributed by atoms with Crippen LogP contribution in [-0.4, -0.2) is 31.8 Å². The van der Waals surface area contributed by atoms with Crippen LogP contribution in [0.4, 0.5) is 0 Å². The average molecular weight is 414 g/mol. The second-order valence-electron chi connectivity index (χ2n) is 6.20. The second kappa shape index (κ2) is 7.46. The van der Waals surface area contributed by atoms with Crippen LogP contribution in [0.25, 0.3) is 10.9 Å². The Bertz CT molecular complexity index is 1070. The molecule has 136 valence electrons. The molecule has 1 fully saturated rings. The molecule has 2 aromatic carbocycles. The molecule has 1 aromatic heterocycles. The third kappa shape index (κ3) is 3.40. The van der Waals surface area contributed by atoms with Gasteiger partial charge in [0.2, 0.25) is 0 Å². The first-order valence-corrected chi connectivity index (χ1v) is 10.2. The van der Waals surface area contributed by atoms with E-state index in [0.29, 0.717) is 16.6 Å². The molecule has 0 bridgehead atoms. The lowest BCUT2D eigenvalue weighted by Gasteiger charge is -2.10. The maximum atomic E-state index is 11.9. The molecule has 4 nitrogen and oxygen atoms in total. The van der Waals surface area contributed by atoms with Crippen LogP contribution in [0.3, 0.4) is 0 Å². The van der Waals surface area contributed by atoms with E-state index in [1.165, 1.54) is 16.8 Å². The topological polar surface area (TPSA) is 37.6 Å². The molecule has 0 aliphatic carbocycles. The minimum atomic E-state index is -0.0845. The van der Waals surface area contributed by atoms with Gasteiger partial charge in [-0.25, -0.2) is 0 Å². The molecule has 0 N–H and O–H groups in total. The minimum absolute atomic E-state index is 0.0845. The average Bonchev–Trinajstić information content (AvgIpc) is 3.12. The summed E-state index contributed by atoms with van der Waals surface area (Å²) in [5, 5.41) is 7.49. The van der Waals surface area contributed by atoms with Gasteiger partial charge < -0.3 is 4.57 Å². The van der Waals surface area contributed by atoms with E-state index >= 15 is 0 Å². The molecule has 0 spiro atoms. The van der Waals surface area contributed by atoms with Crippen molar-refractivity contribution in [2.45, 2.75) is 13.5 Å². The van der Waals surface area contributed by atoms with Crippen molar-refractivity contribution < 1.29 is 4.79 Å². The van der Waals surface area contributed by atoms with E-state index < -0.39 is 0 Å². The Balaban J connectivity index is 1.78. The Labute approximate surface area is 171 Å². The number of rotatable bonds is 4. The largest absolute Gasteiger partial charge is 0.340 e. The number of hydrazone groups is 1. The molecule has 1 amide bonds. The fourth-order valence-corrected chi connectivity index (χ4v) is 4.36. The summed E-state index contributed by atoms with van der Waals surface area (Å²) < 4.78 is 2.71. The van der Waals surface area contributed by atoms with Gasteiger partial charge in [0.25, 0.3) is 5.91 Å². The van der Waals surface area contributed by atoms with Gasteiger partial charge in [-0.2, -0.15) is 10.1 Å². The monoisotopic (exact) mass is 413 g/mol. The normalized spacial score (nSPS) is 14.8. The predicted molar refractivity (Wildman–Crippen MR) is 117 cm³/mol. The standard InChI is InChI=1S/C20H16ClN3OS2/c1-13-16(10-22-24-19(25)12-27-20(24)26)15-7-3-5-9-18(15)23(13)11-14-6-2-4-8-17(14)21/h2-10H,11-12H2,1H3/b22-10-. The summed E-state index contributed by atoms with van der Waals surface area (Å²) in [5.74, 6) is 0.266. The summed E-state index contributed by atoms with van der Waals surface area (Å²) in [5.41, 5.74) is 4.19. The lowest BCUT2D eigenvalue weighted by molar-refractivity contribution is -0.123. The van der Waals surface area contributed by atoms with E-state index in [9.17, 15) is 4.79 Å². The molecule has 27 heavy (non-hydrogen) atoms. The number of fused-ring (bicyclic) bond motifs is 1. The highest BCUT2D eigenvalue weighted by Crippen LogP contribution is 2.28. The van der Waals surface area contributed by atoms with Crippen molar-refractivity contribution in [1.82, 2.24) is 9.58 Å². The lowest BCUT2D eigenvalue weighted by atomic mass is 10.1. The Hall–Kier alpha value is -2.15. The quantitative estimate of drug-likeness (QED) is 0.453. The number of benzene rings is 2. The Morgan fingerprint density at radius 1 is 1.22 bits per heavy atom. The van der Waals surface area contributed by atoms with Crippen LogP contribution < -0.4 is 0 Å². The van der Waals surface area contributed by atoms with Crippen molar-refractivity contribution in [3.8, 4) is 0 Å². The van der Waals surface area contributed by atoms with E-state index in [2.05, 4.69) is 28.7 Å². The first-order valence-electron chi connectivity index (χ1n) is 8.41. The van der Waals surface area contributed by atoms with Gasteiger partial charge in [-0.1, -0.05) is 72.0 Å². The van der Waals surface area contributed by atoms with Crippen molar-refractivity contribution >= 4 is 62.9 Å². The number of nitrogens with zero attached hydrogens (tertiary/aromatic N) is 3. The fraction of sp³-hybridized carbons (Fsp3) is 0.150. The van der Waals surface area contributed by atoms with Crippen LogP contribution >= 0.6 is 35.6 Å². The summed E-state index contributed by atoms with van der Waals surface area (Å²) in [6.45, 7) is 2.72. The van der Waals surface area contributed by atoms with Crippen LogP contribution in [0.15, 0.2) is 53.6 Å². The van der Waals surface area contributed by atoms with Crippen molar-refractivity contribution in [2.75, 3.05) is 5.75 Å². The molecular formula is C20H16ClN3OS2. The molecule has 1 saturated heterocycles. The number of para-hydroxylation sites is 1. The first-order chi connectivity index (χ1) is 13.1. The number of hydrogen-bond acceptors (Lipinski definition) is 4. The number of aromatic nitrogens is 1. The molecule has 0 atom stereocenters. The van der Waals surface area contributed by atoms with Gasteiger partial charge in [0.1, 0.15) is 0 Å². The first kappa shape index (κ1) is 18.2. The zero-order valence-electron chi connectivity index (χ0n) is 14.6. The summed E-state index contributed by atoms with van der Waals surface area (Å²) >= 11 is 12.9. The van der Waals surface area contributed by atoms with E-state index in [-0.39, 0.29) is 5.91 Å². The van der Waals surface area contributed by atoms with Crippen molar-refractivity contribution in [1.29, 1.82) is 0 Å². The molecule has 0 saturated carbocycles. The number of carbonyl (C=O) groups is 1. The van der Waals surface area contributed by atoms with Gasteiger partial charge in [0.05, 0.1) is 12.0 Å².